The Balaban J connectivity index is 3.27. The molecule has 0 aliphatic rings. The van der Waals surface area contributed by atoms with Gasteiger partial charge in [-0.3, -0.25) is 14.4 Å². The molecule has 0 bridgehead atoms. The number of carbonyl (C=O) groups is 3. The Morgan fingerprint density at radius 3 is 2.50 bits per heavy atom. The Morgan fingerprint density at radius 1 is 1.33 bits per heavy atom. The van der Waals surface area contributed by atoms with Gasteiger partial charge in [0.1, 0.15) is 5.82 Å². The van der Waals surface area contributed by atoms with Gasteiger partial charge in [0, 0.05) is 26.8 Å². The van der Waals surface area contributed by atoms with Crippen molar-refractivity contribution in [2.24, 2.45) is 5.73 Å². The Bertz CT molecular complexity index is 710. The molecule has 0 saturated carbocycles. The van der Waals surface area contributed by atoms with Crippen LogP contribution < -0.4 is 10.6 Å². The van der Waals surface area contributed by atoms with Crippen molar-refractivity contribution in [3.63, 3.8) is 0 Å². The molecular weight excluding hydrogens is 308 g/mol. The van der Waals surface area contributed by atoms with E-state index in [1.807, 2.05) is 0 Å². The van der Waals surface area contributed by atoms with Crippen LogP contribution in [-0.4, -0.2) is 48.7 Å². The average Bonchev–Trinajstić information content (AvgIpc) is 2.59. The smallest absolute Gasteiger partial charge is 0.257 e. The number of nitrogens with two attached hydrogens (primary N) is 1. The van der Waals surface area contributed by atoms with E-state index >= 15 is 0 Å². The van der Waals surface area contributed by atoms with E-state index in [0.29, 0.717) is 6.41 Å². The lowest BCUT2D eigenvalue weighted by Crippen LogP contribution is -2.31. The van der Waals surface area contributed by atoms with Crippen LogP contribution in [0.1, 0.15) is 20.7 Å². The van der Waals surface area contributed by atoms with Gasteiger partial charge >= 0.3 is 0 Å². The molecule has 7 heteroatoms. The number of amides is 3. The van der Waals surface area contributed by atoms with Crippen molar-refractivity contribution in [2.75, 3.05) is 25.5 Å². The number of allylic oxidation sites excluding steroid dienone is 2. The predicted octanol–water partition coefficient (Wildman–Crippen LogP) is 1.14. The van der Waals surface area contributed by atoms with Crippen LogP contribution in [0.15, 0.2) is 49.2 Å². The minimum absolute atomic E-state index is 0.0837. The molecule has 126 valence electrons. The van der Waals surface area contributed by atoms with Crippen molar-refractivity contribution >= 4 is 24.0 Å². The SMILES string of the molecule is C=C/C=C(\C=C)CN(C)C(=O)c1cc(C(N)=O)cnc1N(C)C=O. The van der Waals surface area contributed by atoms with Crippen LogP contribution >= 0.6 is 0 Å². The van der Waals surface area contributed by atoms with Crippen LogP contribution in [0.4, 0.5) is 5.82 Å². The first-order valence-electron chi connectivity index (χ1n) is 7.03. The van der Waals surface area contributed by atoms with E-state index in [-0.39, 0.29) is 23.5 Å². The van der Waals surface area contributed by atoms with E-state index in [1.165, 1.54) is 24.2 Å². The first kappa shape index (κ1) is 18.8. The van der Waals surface area contributed by atoms with Crippen LogP contribution in [0.3, 0.4) is 0 Å². The first-order chi connectivity index (χ1) is 11.3. The summed E-state index contributed by atoms with van der Waals surface area (Å²) in [5.74, 6) is -0.983. The summed E-state index contributed by atoms with van der Waals surface area (Å²) in [6.45, 7) is 7.56. The van der Waals surface area contributed by atoms with Crippen LogP contribution in [0.2, 0.25) is 0 Å². The second-order valence-corrected chi connectivity index (χ2v) is 5.02. The Hall–Kier alpha value is -3.22. The summed E-state index contributed by atoms with van der Waals surface area (Å²) in [6, 6.07) is 1.33. The molecule has 0 radical (unpaired) electrons. The number of aromatic nitrogens is 1. The third-order valence-corrected chi connectivity index (χ3v) is 3.23. The fraction of sp³-hybridized carbons (Fsp3) is 0.176. The van der Waals surface area contributed by atoms with Crippen LogP contribution in [0.5, 0.6) is 0 Å². The van der Waals surface area contributed by atoms with Gasteiger partial charge in [-0.05, 0) is 11.6 Å². The molecule has 0 fully saturated rings. The summed E-state index contributed by atoms with van der Waals surface area (Å²) < 4.78 is 0. The number of nitrogens with zero attached hydrogens (tertiary/aromatic N) is 3. The van der Waals surface area contributed by atoms with E-state index in [1.54, 1.807) is 25.3 Å². The van der Waals surface area contributed by atoms with E-state index in [4.69, 9.17) is 5.73 Å². The Labute approximate surface area is 140 Å². The highest BCUT2D eigenvalue weighted by atomic mass is 16.2. The first-order valence-corrected chi connectivity index (χ1v) is 7.03. The number of carbonyl (C=O) groups excluding carboxylic acids is 3. The van der Waals surface area contributed by atoms with Gasteiger partial charge in [-0.1, -0.05) is 31.4 Å². The maximum Gasteiger partial charge on any atom is 0.257 e. The average molecular weight is 328 g/mol. The maximum atomic E-state index is 12.7. The van der Waals surface area contributed by atoms with Crippen LogP contribution in [0.25, 0.3) is 0 Å². The molecule has 1 heterocycles. The maximum absolute atomic E-state index is 12.7. The van der Waals surface area contributed by atoms with Gasteiger partial charge in [0.2, 0.25) is 12.3 Å². The van der Waals surface area contributed by atoms with E-state index in [2.05, 4.69) is 18.1 Å². The van der Waals surface area contributed by atoms with Gasteiger partial charge in [0.05, 0.1) is 11.1 Å². The summed E-state index contributed by atoms with van der Waals surface area (Å²) >= 11 is 0. The van der Waals surface area contributed by atoms with E-state index in [9.17, 15) is 14.4 Å². The molecule has 24 heavy (non-hydrogen) atoms. The summed E-state index contributed by atoms with van der Waals surface area (Å²) in [7, 11) is 3.05. The molecule has 0 unspecified atom stereocenters. The zero-order valence-electron chi connectivity index (χ0n) is 13.7. The third-order valence-electron chi connectivity index (χ3n) is 3.23. The normalized spacial score (nSPS) is 10.7. The molecule has 1 aromatic rings. The monoisotopic (exact) mass is 328 g/mol. The molecule has 2 N–H and O–H groups in total. The summed E-state index contributed by atoms with van der Waals surface area (Å²) in [4.78, 5) is 41.7. The van der Waals surface area contributed by atoms with Crippen molar-refractivity contribution in [3.8, 4) is 0 Å². The largest absolute Gasteiger partial charge is 0.366 e. The molecule has 1 aromatic heterocycles. The van der Waals surface area contributed by atoms with Crippen molar-refractivity contribution in [1.82, 2.24) is 9.88 Å². The molecule has 3 amide bonds. The Kier molecular flexibility index (Phi) is 6.61. The van der Waals surface area contributed by atoms with Gasteiger partial charge in [-0.15, -0.1) is 0 Å². The van der Waals surface area contributed by atoms with Crippen molar-refractivity contribution in [2.45, 2.75) is 0 Å². The van der Waals surface area contributed by atoms with Gasteiger partial charge in [0.25, 0.3) is 5.91 Å². The minimum Gasteiger partial charge on any atom is -0.366 e. The number of anilines is 1. The molecule has 0 aromatic carbocycles. The van der Waals surface area contributed by atoms with Gasteiger partial charge in [0.15, 0.2) is 0 Å². The topological polar surface area (TPSA) is 96.6 Å². The molecule has 0 aliphatic heterocycles. The van der Waals surface area contributed by atoms with Gasteiger partial charge < -0.3 is 15.5 Å². The molecule has 1 rings (SSSR count). The highest BCUT2D eigenvalue weighted by molar-refractivity contribution is 6.03. The molecule has 0 saturated heterocycles. The highest BCUT2D eigenvalue weighted by Gasteiger charge is 2.21. The number of hydrogen-bond donors (Lipinski definition) is 1. The van der Waals surface area contributed by atoms with E-state index in [0.717, 1.165) is 10.5 Å². The fourth-order valence-electron chi connectivity index (χ4n) is 1.97. The fourth-order valence-corrected chi connectivity index (χ4v) is 1.97. The zero-order valence-corrected chi connectivity index (χ0v) is 13.7. The lowest BCUT2D eigenvalue weighted by atomic mass is 10.1. The van der Waals surface area contributed by atoms with Crippen LogP contribution in [-0.2, 0) is 4.79 Å². The Morgan fingerprint density at radius 2 is 2.00 bits per heavy atom. The standard InChI is InChI=1S/C17H20N4O3/c1-5-7-12(6-2)10-20(3)17(24)14-8-13(15(18)23)9-19-16(14)21(4)11-22/h5-9,11H,1-2,10H2,3-4H3,(H2,18,23)/b12-7+. The van der Waals surface area contributed by atoms with Gasteiger partial charge in [-0.25, -0.2) is 4.98 Å². The second kappa shape index (κ2) is 8.42. The van der Waals surface area contributed by atoms with Crippen molar-refractivity contribution in [3.05, 3.63) is 60.3 Å². The summed E-state index contributed by atoms with van der Waals surface area (Å²) in [6.07, 6.45) is 6.68. The number of pyridine rings is 1. The number of primary amides is 1. The van der Waals surface area contributed by atoms with E-state index < -0.39 is 11.8 Å². The number of likely N-dealkylation sites (N-methyl/N-ethyl adjacent to an activating group) is 1. The minimum atomic E-state index is -0.710. The molecule has 7 nitrogen and oxygen atoms in total. The number of hydrogen-bond acceptors (Lipinski definition) is 4. The second-order valence-electron chi connectivity index (χ2n) is 5.02. The summed E-state index contributed by atoms with van der Waals surface area (Å²) in [5.41, 5.74) is 6.21. The van der Waals surface area contributed by atoms with Gasteiger partial charge in [-0.2, -0.15) is 0 Å². The third kappa shape index (κ3) is 4.39. The molecule has 0 spiro atoms. The predicted molar refractivity (Wildman–Crippen MR) is 92.7 cm³/mol. The van der Waals surface area contributed by atoms with Crippen LogP contribution in [0, 0.1) is 0 Å². The lowest BCUT2D eigenvalue weighted by Gasteiger charge is -2.21. The quantitative estimate of drug-likeness (QED) is 0.572. The summed E-state index contributed by atoms with van der Waals surface area (Å²) in [5, 5.41) is 0. The van der Waals surface area contributed by atoms with Crippen molar-refractivity contribution < 1.29 is 14.4 Å². The molecule has 0 aliphatic carbocycles. The molecule has 0 atom stereocenters. The zero-order chi connectivity index (χ0) is 18.3. The lowest BCUT2D eigenvalue weighted by molar-refractivity contribution is -0.107. The number of rotatable bonds is 8. The highest BCUT2D eigenvalue weighted by Crippen LogP contribution is 2.19. The molecular formula is C17H20N4O3. The van der Waals surface area contributed by atoms with Crippen molar-refractivity contribution in [1.29, 1.82) is 0 Å².